The minimum Gasteiger partial charge on any atom is -0.350 e. The van der Waals surface area contributed by atoms with Gasteiger partial charge in [-0.3, -0.25) is 9.59 Å². The van der Waals surface area contributed by atoms with Crippen LogP contribution in [0.2, 0.25) is 0 Å². The highest BCUT2D eigenvalue weighted by atomic mass is 16.2. The standard InChI is InChI=1S/C22H26N2O2/c1-3-15(2)23-22(26)17-10-12-19(13-11-17)24-21(25)14-18-9-8-16-6-4-5-7-20(16)18/h4-7,10-13,15,18H,3,8-9,14H2,1-2H3,(H,23,26)(H,24,25). The van der Waals surface area contributed by atoms with Crippen molar-refractivity contribution < 1.29 is 9.59 Å². The monoisotopic (exact) mass is 350 g/mol. The molecule has 26 heavy (non-hydrogen) atoms. The number of carbonyl (C=O) groups excluding carboxylic acids is 2. The fourth-order valence-corrected chi connectivity index (χ4v) is 3.41. The lowest BCUT2D eigenvalue weighted by Crippen LogP contribution is -2.31. The van der Waals surface area contributed by atoms with Gasteiger partial charge in [0.25, 0.3) is 5.91 Å². The molecule has 2 aromatic rings. The van der Waals surface area contributed by atoms with Crippen LogP contribution in [0.1, 0.15) is 60.5 Å². The zero-order valence-corrected chi connectivity index (χ0v) is 15.4. The maximum atomic E-state index is 12.4. The molecule has 2 unspecified atom stereocenters. The van der Waals surface area contributed by atoms with Gasteiger partial charge in [-0.25, -0.2) is 0 Å². The van der Waals surface area contributed by atoms with Gasteiger partial charge in [0.1, 0.15) is 0 Å². The quantitative estimate of drug-likeness (QED) is 0.817. The summed E-state index contributed by atoms with van der Waals surface area (Å²) in [4.78, 5) is 24.5. The first-order chi connectivity index (χ1) is 12.6. The molecule has 0 saturated carbocycles. The van der Waals surface area contributed by atoms with Gasteiger partial charge in [0.2, 0.25) is 5.91 Å². The van der Waals surface area contributed by atoms with Gasteiger partial charge in [0.05, 0.1) is 0 Å². The van der Waals surface area contributed by atoms with Crippen LogP contribution >= 0.6 is 0 Å². The van der Waals surface area contributed by atoms with Crippen molar-refractivity contribution in [2.45, 2.75) is 51.5 Å². The average molecular weight is 350 g/mol. The number of fused-ring (bicyclic) bond motifs is 1. The average Bonchev–Trinajstić information content (AvgIpc) is 3.05. The van der Waals surface area contributed by atoms with Gasteiger partial charge in [-0.2, -0.15) is 0 Å². The van der Waals surface area contributed by atoms with E-state index in [0.29, 0.717) is 17.9 Å². The molecule has 0 bridgehead atoms. The number of carbonyl (C=O) groups is 2. The number of hydrogen-bond acceptors (Lipinski definition) is 2. The Bertz CT molecular complexity index is 783. The van der Waals surface area contributed by atoms with E-state index in [0.717, 1.165) is 24.9 Å². The molecule has 4 nitrogen and oxygen atoms in total. The van der Waals surface area contributed by atoms with Gasteiger partial charge in [-0.05, 0) is 67.5 Å². The van der Waals surface area contributed by atoms with Crippen LogP contribution in [-0.2, 0) is 11.2 Å². The Hall–Kier alpha value is -2.62. The minimum absolute atomic E-state index is 0.0171. The highest BCUT2D eigenvalue weighted by Crippen LogP contribution is 2.35. The number of nitrogens with one attached hydrogen (secondary N) is 2. The van der Waals surface area contributed by atoms with E-state index in [1.807, 2.05) is 19.9 Å². The van der Waals surface area contributed by atoms with Crippen LogP contribution < -0.4 is 10.6 Å². The number of amides is 2. The summed E-state index contributed by atoms with van der Waals surface area (Å²) >= 11 is 0. The lowest BCUT2D eigenvalue weighted by atomic mass is 9.97. The molecule has 0 heterocycles. The Morgan fingerprint density at radius 2 is 1.85 bits per heavy atom. The van der Waals surface area contributed by atoms with Crippen molar-refractivity contribution in [3.63, 3.8) is 0 Å². The second kappa shape index (κ2) is 8.17. The molecule has 136 valence electrons. The second-order valence-electron chi connectivity index (χ2n) is 7.05. The molecule has 0 fully saturated rings. The summed E-state index contributed by atoms with van der Waals surface area (Å²) in [7, 11) is 0. The van der Waals surface area contributed by atoms with Gasteiger partial charge < -0.3 is 10.6 Å². The number of aryl methyl sites for hydroxylation is 1. The molecule has 2 amide bonds. The van der Waals surface area contributed by atoms with Crippen LogP contribution in [-0.4, -0.2) is 17.9 Å². The Labute approximate surface area is 155 Å². The predicted octanol–water partition coefficient (Wildman–Crippen LogP) is 4.27. The summed E-state index contributed by atoms with van der Waals surface area (Å²) in [6, 6.07) is 15.6. The molecule has 3 rings (SSSR count). The molecular formula is C22H26N2O2. The Kier molecular flexibility index (Phi) is 5.71. The molecule has 2 aromatic carbocycles. The van der Waals surface area contributed by atoms with Crippen LogP contribution in [0.4, 0.5) is 5.69 Å². The number of anilines is 1. The summed E-state index contributed by atoms with van der Waals surface area (Å²) in [5.74, 6) is 0.232. The second-order valence-corrected chi connectivity index (χ2v) is 7.05. The van der Waals surface area contributed by atoms with Crippen molar-refractivity contribution in [3.05, 3.63) is 65.2 Å². The molecule has 2 N–H and O–H groups in total. The highest BCUT2D eigenvalue weighted by Gasteiger charge is 2.24. The summed E-state index contributed by atoms with van der Waals surface area (Å²) < 4.78 is 0. The van der Waals surface area contributed by atoms with Gasteiger partial charge in [0.15, 0.2) is 0 Å². The third-order valence-corrected chi connectivity index (χ3v) is 5.11. The van der Waals surface area contributed by atoms with Crippen molar-refractivity contribution in [2.75, 3.05) is 5.32 Å². The van der Waals surface area contributed by atoms with Crippen LogP contribution in [0.3, 0.4) is 0 Å². The van der Waals surface area contributed by atoms with Gasteiger partial charge in [0, 0.05) is 23.7 Å². The largest absolute Gasteiger partial charge is 0.350 e. The van der Waals surface area contributed by atoms with E-state index in [4.69, 9.17) is 0 Å². The topological polar surface area (TPSA) is 58.2 Å². The van der Waals surface area contributed by atoms with Crippen molar-refractivity contribution in [1.82, 2.24) is 5.32 Å². The summed E-state index contributed by atoms with van der Waals surface area (Å²) in [5, 5.41) is 5.88. The fraction of sp³-hybridized carbons (Fsp3) is 0.364. The SMILES string of the molecule is CCC(C)NC(=O)c1ccc(NC(=O)CC2CCc3ccccc32)cc1. The van der Waals surface area contributed by atoms with Crippen molar-refractivity contribution in [3.8, 4) is 0 Å². The lowest BCUT2D eigenvalue weighted by Gasteiger charge is -2.13. The third kappa shape index (κ3) is 4.31. The minimum atomic E-state index is -0.0835. The molecule has 1 aliphatic rings. The van der Waals surface area contributed by atoms with Gasteiger partial charge in [-0.1, -0.05) is 31.2 Å². The number of hydrogen-bond donors (Lipinski definition) is 2. The smallest absolute Gasteiger partial charge is 0.251 e. The van der Waals surface area contributed by atoms with Crippen LogP contribution in [0, 0.1) is 0 Å². The molecule has 1 aliphatic carbocycles. The van der Waals surface area contributed by atoms with Crippen molar-refractivity contribution >= 4 is 17.5 Å². The van der Waals surface area contributed by atoms with Crippen LogP contribution in [0.5, 0.6) is 0 Å². The first-order valence-electron chi connectivity index (χ1n) is 9.35. The van der Waals surface area contributed by atoms with Crippen molar-refractivity contribution in [1.29, 1.82) is 0 Å². The van der Waals surface area contributed by atoms with Crippen LogP contribution in [0.25, 0.3) is 0 Å². The maximum Gasteiger partial charge on any atom is 0.251 e. The van der Waals surface area contributed by atoms with E-state index in [2.05, 4.69) is 28.8 Å². The Morgan fingerprint density at radius 1 is 1.12 bits per heavy atom. The summed E-state index contributed by atoms with van der Waals surface area (Å²) in [6.45, 7) is 4.01. The summed E-state index contributed by atoms with van der Waals surface area (Å²) in [5.41, 5.74) is 4.00. The van der Waals surface area contributed by atoms with Gasteiger partial charge >= 0.3 is 0 Å². The van der Waals surface area contributed by atoms with E-state index >= 15 is 0 Å². The number of rotatable bonds is 6. The molecule has 4 heteroatoms. The normalized spacial score (nSPS) is 16.6. The van der Waals surface area contributed by atoms with E-state index in [-0.39, 0.29) is 17.9 Å². The van der Waals surface area contributed by atoms with Gasteiger partial charge in [-0.15, -0.1) is 0 Å². The van der Waals surface area contributed by atoms with E-state index in [1.165, 1.54) is 11.1 Å². The molecule has 0 radical (unpaired) electrons. The fourth-order valence-electron chi connectivity index (χ4n) is 3.41. The molecule has 0 saturated heterocycles. The molecule has 2 atom stereocenters. The highest BCUT2D eigenvalue weighted by molar-refractivity contribution is 5.96. The van der Waals surface area contributed by atoms with E-state index in [1.54, 1.807) is 24.3 Å². The molecule has 0 aromatic heterocycles. The maximum absolute atomic E-state index is 12.4. The van der Waals surface area contributed by atoms with Crippen LogP contribution in [0.15, 0.2) is 48.5 Å². The third-order valence-electron chi connectivity index (χ3n) is 5.11. The zero-order valence-electron chi connectivity index (χ0n) is 15.4. The zero-order chi connectivity index (χ0) is 18.5. The first kappa shape index (κ1) is 18.2. The summed E-state index contributed by atoms with van der Waals surface area (Å²) in [6.07, 6.45) is 3.47. The molecule has 0 aliphatic heterocycles. The Balaban J connectivity index is 1.56. The Morgan fingerprint density at radius 3 is 2.58 bits per heavy atom. The van der Waals surface area contributed by atoms with E-state index < -0.39 is 0 Å². The predicted molar refractivity (Wildman–Crippen MR) is 104 cm³/mol. The molecular weight excluding hydrogens is 324 g/mol. The molecule has 0 spiro atoms. The number of benzene rings is 2. The van der Waals surface area contributed by atoms with Crippen molar-refractivity contribution in [2.24, 2.45) is 0 Å². The van der Waals surface area contributed by atoms with E-state index in [9.17, 15) is 9.59 Å². The first-order valence-corrected chi connectivity index (χ1v) is 9.35. The lowest BCUT2D eigenvalue weighted by molar-refractivity contribution is -0.116.